The minimum absolute atomic E-state index is 0.0888. The average Bonchev–Trinajstić information content (AvgIpc) is 3.21. The van der Waals surface area contributed by atoms with E-state index in [-0.39, 0.29) is 28.9 Å². The lowest BCUT2D eigenvalue weighted by Crippen LogP contribution is -2.41. The van der Waals surface area contributed by atoms with Crippen molar-refractivity contribution in [2.75, 3.05) is 31.1 Å². The number of thioether (sulfide) groups is 1. The first-order chi connectivity index (χ1) is 19.2. The first kappa shape index (κ1) is 31.9. The van der Waals surface area contributed by atoms with Crippen molar-refractivity contribution in [1.82, 2.24) is 9.47 Å². The van der Waals surface area contributed by atoms with E-state index in [1.165, 1.54) is 11.8 Å². The van der Waals surface area contributed by atoms with E-state index in [0.29, 0.717) is 84.1 Å². The number of rotatable bonds is 12. The number of aromatic nitrogens is 1. The molecule has 0 aromatic carbocycles. The van der Waals surface area contributed by atoms with E-state index in [1.54, 1.807) is 23.3 Å². The summed E-state index contributed by atoms with van der Waals surface area (Å²) in [6.45, 7) is 12.4. The molecule has 0 aliphatic carbocycles. The van der Waals surface area contributed by atoms with E-state index in [1.807, 2.05) is 13.0 Å². The zero-order valence-corrected chi connectivity index (χ0v) is 26.1. The van der Waals surface area contributed by atoms with Gasteiger partial charge >= 0.3 is 5.97 Å². The Morgan fingerprint density at radius 2 is 1.90 bits per heavy atom. The third-order valence-corrected chi connectivity index (χ3v) is 9.22. The lowest BCUT2D eigenvalue weighted by atomic mass is 9.95. The zero-order chi connectivity index (χ0) is 29.4. The molecule has 0 bridgehead atoms. The molecule has 10 heteroatoms. The monoisotopic (exact) mass is 586 g/mol. The van der Waals surface area contributed by atoms with Gasteiger partial charge in [-0.25, -0.2) is 0 Å². The van der Waals surface area contributed by atoms with Gasteiger partial charge in [-0.3, -0.25) is 23.9 Å². The predicted octanol–water partition coefficient (Wildman–Crippen LogP) is 5.64. The van der Waals surface area contributed by atoms with Crippen LogP contribution in [-0.2, 0) is 20.9 Å². The number of hydrogen-bond donors (Lipinski definition) is 0. The summed E-state index contributed by atoms with van der Waals surface area (Å²) < 4.78 is 7.45. The fourth-order valence-electron chi connectivity index (χ4n) is 5.47. The number of carbonyl (C=O) groups excluding carboxylic acids is 2. The molecule has 0 saturated carbocycles. The average molecular weight is 587 g/mol. The maximum absolute atomic E-state index is 13.6. The van der Waals surface area contributed by atoms with Crippen molar-refractivity contribution in [3.05, 3.63) is 31.9 Å². The van der Waals surface area contributed by atoms with Gasteiger partial charge in [0.25, 0.3) is 11.5 Å². The summed E-state index contributed by atoms with van der Waals surface area (Å²) in [7, 11) is 0. The molecule has 2 fully saturated rings. The summed E-state index contributed by atoms with van der Waals surface area (Å²) in [5.74, 6) is 0.600. The SMILES string of the molecule is CCCCC(CC)CN1C(=O)C(=Cc2c(C)c(C#N)c(=O)n(CCC)c2N2CCC(C(=O)OCC)CC2)SC1=S. The molecule has 0 radical (unpaired) electrons. The van der Waals surface area contributed by atoms with Crippen molar-refractivity contribution in [3.8, 4) is 6.07 Å². The van der Waals surface area contributed by atoms with Gasteiger partial charge in [-0.2, -0.15) is 5.26 Å². The molecule has 0 N–H and O–H groups in total. The fraction of sp³-hybridized carbons (Fsp3) is 0.633. The summed E-state index contributed by atoms with van der Waals surface area (Å²) in [6, 6.07) is 2.11. The molecular weight excluding hydrogens is 544 g/mol. The van der Waals surface area contributed by atoms with E-state index in [2.05, 4.69) is 24.8 Å². The molecule has 1 unspecified atom stereocenters. The van der Waals surface area contributed by atoms with Crippen LogP contribution in [0.2, 0.25) is 0 Å². The number of amides is 1. The Morgan fingerprint density at radius 1 is 1.20 bits per heavy atom. The Morgan fingerprint density at radius 3 is 2.48 bits per heavy atom. The van der Waals surface area contributed by atoms with Gasteiger partial charge in [0.1, 0.15) is 21.8 Å². The first-order valence-corrected chi connectivity index (χ1v) is 15.8. The lowest BCUT2D eigenvalue weighted by Gasteiger charge is -2.35. The Balaban J connectivity index is 2.05. The standard InChI is InChI=1S/C30H42N4O4S2/c1-6-10-11-21(8-3)19-34-28(36)25(40-30(34)39)17-23-20(5)24(18-31)27(35)33(14-7-2)26(23)32-15-12-22(13-16-32)29(37)38-9-4/h17,21-22H,6-16,19H2,1-5H3. The summed E-state index contributed by atoms with van der Waals surface area (Å²) >= 11 is 6.92. The van der Waals surface area contributed by atoms with Gasteiger partial charge in [0, 0.05) is 31.7 Å². The van der Waals surface area contributed by atoms with Crippen molar-refractivity contribution in [1.29, 1.82) is 5.26 Å². The number of anilines is 1. The number of hydrogen-bond acceptors (Lipinski definition) is 8. The van der Waals surface area contributed by atoms with E-state index in [0.717, 1.165) is 25.7 Å². The molecule has 2 saturated heterocycles. The number of unbranched alkanes of at least 4 members (excludes halogenated alkanes) is 1. The topological polar surface area (TPSA) is 95.6 Å². The molecule has 3 heterocycles. The number of pyridine rings is 1. The third kappa shape index (κ3) is 6.98. The summed E-state index contributed by atoms with van der Waals surface area (Å²) in [5.41, 5.74) is 1.02. The van der Waals surface area contributed by atoms with E-state index < -0.39 is 0 Å². The number of ether oxygens (including phenoxy) is 1. The van der Waals surface area contributed by atoms with Crippen molar-refractivity contribution in [3.63, 3.8) is 0 Å². The van der Waals surface area contributed by atoms with Crippen molar-refractivity contribution in [2.45, 2.75) is 86.1 Å². The van der Waals surface area contributed by atoms with Crippen LogP contribution >= 0.6 is 24.0 Å². The van der Waals surface area contributed by atoms with Crippen molar-refractivity contribution in [2.24, 2.45) is 11.8 Å². The molecule has 1 amide bonds. The van der Waals surface area contributed by atoms with E-state index >= 15 is 0 Å². The number of thiocarbonyl (C=S) groups is 1. The molecule has 2 aliphatic rings. The second-order valence-electron chi connectivity index (χ2n) is 10.5. The lowest BCUT2D eigenvalue weighted by molar-refractivity contribution is -0.148. The molecule has 1 atom stereocenters. The van der Waals surface area contributed by atoms with E-state index in [9.17, 15) is 19.6 Å². The largest absolute Gasteiger partial charge is 0.466 e. The highest BCUT2D eigenvalue weighted by molar-refractivity contribution is 8.26. The highest BCUT2D eigenvalue weighted by Gasteiger charge is 2.35. The second-order valence-corrected chi connectivity index (χ2v) is 12.2. The van der Waals surface area contributed by atoms with Crippen LogP contribution in [0, 0.1) is 30.1 Å². The summed E-state index contributed by atoms with van der Waals surface area (Å²) in [4.78, 5) is 43.7. The molecule has 0 spiro atoms. The van der Waals surface area contributed by atoms with Crippen LogP contribution in [0.25, 0.3) is 6.08 Å². The maximum Gasteiger partial charge on any atom is 0.309 e. The van der Waals surface area contributed by atoms with Gasteiger partial charge in [-0.1, -0.05) is 64.0 Å². The Labute approximate surface area is 247 Å². The molecule has 3 rings (SSSR count). The number of nitriles is 1. The molecule has 218 valence electrons. The normalized spacial score (nSPS) is 17.9. The van der Waals surface area contributed by atoms with Crippen LogP contribution in [0.3, 0.4) is 0 Å². The van der Waals surface area contributed by atoms with Gasteiger partial charge in [0.05, 0.1) is 17.4 Å². The van der Waals surface area contributed by atoms with Gasteiger partial charge in [-0.05, 0) is 57.1 Å². The quantitative estimate of drug-likeness (QED) is 0.177. The highest BCUT2D eigenvalue weighted by Crippen LogP contribution is 2.37. The highest BCUT2D eigenvalue weighted by atomic mass is 32.2. The van der Waals surface area contributed by atoms with E-state index in [4.69, 9.17) is 17.0 Å². The van der Waals surface area contributed by atoms with Crippen LogP contribution in [0.1, 0.15) is 89.3 Å². The number of esters is 1. The second kappa shape index (κ2) is 14.8. The Hall–Kier alpha value is -2.64. The number of piperidine rings is 1. The van der Waals surface area contributed by atoms with Crippen LogP contribution in [0.15, 0.2) is 9.70 Å². The Bertz CT molecular complexity index is 1240. The number of nitrogens with zero attached hydrogens (tertiary/aromatic N) is 4. The maximum atomic E-state index is 13.6. The van der Waals surface area contributed by atoms with Crippen LogP contribution in [0.5, 0.6) is 0 Å². The fourth-order valence-corrected chi connectivity index (χ4v) is 6.72. The molecule has 8 nitrogen and oxygen atoms in total. The molecule has 2 aliphatic heterocycles. The van der Waals surface area contributed by atoms with Crippen LogP contribution < -0.4 is 10.5 Å². The Kier molecular flexibility index (Phi) is 11.8. The van der Waals surface area contributed by atoms with Gasteiger partial charge < -0.3 is 9.64 Å². The third-order valence-electron chi connectivity index (χ3n) is 7.84. The van der Waals surface area contributed by atoms with Gasteiger partial charge in [0.15, 0.2) is 0 Å². The minimum Gasteiger partial charge on any atom is -0.466 e. The molecule has 1 aromatic heterocycles. The molecule has 1 aromatic rings. The van der Waals surface area contributed by atoms with Crippen LogP contribution in [0.4, 0.5) is 5.82 Å². The summed E-state index contributed by atoms with van der Waals surface area (Å²) in [6.07, 6.45) is 8.01. The smallest absolute Gasteiger partial charge is 0.309 e. The number of carbonyl (C=O) groups is 2. The van der Waals surface area contributed by atoms with Crippen molar-refractivity contribution >= 4 is 52.1 Å². The molecular formula is C30H42N4O4S2. The van der Waals surface area contributed by atoms with Gasteiger partial charge in [-0.15, -0.1) is 0 Å². The molecule has 40 heavy (non-hydrogen) atoms. The van der Waals surface area contributed by atoms with Crippen LogP contribution in [-0.4, -0.2) is 51.9 Å². The first-order valence-electron chi connectivity index (χ1n) is 14.6. The summed E-state index contributed by atoms with van der Waals surface area (Å²) in [5, 5.41) is 9.91. The van der Waals surface area contributed by atoms with Gasteiger partial charge in [0.2, 0.25) is 0 Å². The minimum atomic E-state index is -0.323. The zero-order valence-electron chi connectivity index (χ0n) is 24.5. The predicted molar refractivity (Wildman–Crippen MR) is 165 cm³/mol. The van der Waals surface area contributed by atoms with Crippen molar-refractivity contribution < 1.29 is 14.3 Å².